The van der Waals surface area contributed by atoms with Gasteiger partial charge in [-0.15, -0.1) is 0 Å². The third-order valence-electron chi connectivity index (χ3n) is 4.45. The van der Waals surface area contributed by atoms with Gasteiger partial charge in [0, 0.05) is 6.42 Å². The maximum Gasteiger partial charge on any atom is 0.306 e. The number of hydrogen-bond acceptors (Lipinski definition) is 2. The Labute approximate surface area is 141 Å². The summed E-state index contributed by atoms with van der Waals surface area (Å²) in [4.78, 5) is 21.6. The zero-order valence-corrected chi connectivity index (χ0v) is 14.9. The molecule has 0 fully saturated rings. The molecule has 0 amide bonds. The largest absolute Gasteiger partial charge is 0.481 e. The minimum absolute atomic E-state index is 0.160. The summed E-state index contributed by atoms with van der Waals surface area (Å²) in [5.74, 6) is -1.50. The van der Waals surface area contributed by atoms with Crippen molar-refractivity contribution in [3.63, 3.8) is 0 Å². The molecule has 0 aliphatic heterocycles. The highest BCUT2D eigenvalue weighted by Gasteiger charge is 2.16. The summed E-state index contributed by atoms with van der Waals surface area (Å²) in [7, 11) is 0. The van der Waals surface area contributed by atoms with E-state index in [0.717, 1.165) is 70.6 Å². The summed E-state index contributed by atoms with van der Waals surface area (Å²) in [6.45, 7) is 2.19. The molecule has 0 aromatic rings. The first-order valence-corrected chi connectivity index (χ1v) is 9.52. The van der Waals surface area contributed by atoms with Gasteiger partial charge in [-0.05, 0) is 19.3 Å². The van der Waals surface area contributed by atoms with E-state index in [9.17, 15) is 14.7 Å². The molecule has 0 radical (unpaired) electrons. The van der Waals surface area contributed by atoms with E-state index in [1.807, 2.05) is 0 Å². The molecule has 0 bridgehead atoms. The summed E-state index contributed by atoms with van der Waals surface area (Å²) < 4.78 is 0. The molecule has 4 nitrogen and oxygen atoms in total. The highest BCUT2D eigenvalue weighted by atomic mass is 16.4. The second-order valence-corrected chi connectivity index (χ2v) is 6.65. The third-order valence-corrected chi connectivity index (χ3v) is 4.45. The lowest BCUT2D eigenvalue weighted by atomic mass is 9.94. The highest BCUT2D eigenvalue weighted by molar-refractivity contribution is 5.69. The monoisotopic (exact) mass is 328 g/mol. The predicted octanol–water partition coefficient (Wildman–Crippen LogP) is 5.64. The van der Waals surface area contributed by atoms with Gasteiger partial charge in [-0.25, -0.2) is 0 Å². The predicted molar refractivity (Wildman–Crippen MR) is 93.7 cm³/mol. The Kier molecular flexibility index (Phi) is 15.1. The van der Waals surface area contributed by atoms with Crippen molar-refractivity contribution in [2.24, 2.45) is 5.92 Å². The van der Waals surface area contributed by atoms with E-state index in [1.165, 1.54) is 19.3 Å². The van der Waals surface area contributed by atoms with Crippen LogP contribution in [-0.2, 0) is 9.59 Å². The number of aliphatic carboxylic acids is 2. The molecule has 4 heteroatoms. The lowest BCUT2D eigenvalue weighted by molar-refractivity contribution is -0.142. The molecule has 0 saturated carbocycles. The fourth-order valence-electron chi connectivity index (χ4n) is 2.94. The molecule has 0 aromatic carbocycles. The van der Waals surface area contributed by atoms with Gasteiger partial charge in [0.05, 0.1) is 5.92 Å². The number of carbonyl (C=O) groups is 2. The molecule has 0 rings (SSSR count). The fourth-order valence-corrected chi connectivity index (χ4v) is 2.94. The van der Waals surface area contributed by atoms with Gasteiger partial charge in [0.2, 0.25) is 0 Å². The average Bonchev–Trinajstić information content (AvgIpc) is 2.50. The quantitative estimate of drug-likeness (QED) is 0.339. The second kappa shape index (κ2) is 15.8. The van der Waals surface area contributed by atoms with Gasteiger partial charge in [-0.1, -0.05) is 77.6 Å². The van der Waals surface area contributed by atoms with Gasteiger partial charge in [-0.3, -0.25) is 9.59 Å². The Morgan fingerprint density at radius 1 is 0.696 bits per heavy atom. The first-order valence-electron chi connectivity index (χ1n) is 9.52. The molecule has 23 heavy (non-hydrogen) atoms. The molecule has 2 N–H and O–H groups in total. The van der Waals surface area contributed by atoms with Crippen molar-refractivity contribution in [3.05, 3.63) is 0 Å². The first kappa shape index (κ1) is 21.9. The smallest absolute Gasteiger partial charge is 0.306 e. The first-order chi connectivity index (χ1) is 11.1. The lowest BCUT2D eigenvalue weighted by Crippen LogP contribution is -2.13. The molecule has 0 aromatic heterocycles. The van der Waals surface area contributed by atoms with E-state index in [2.05, 4.69) is 6.92 Å². The van der Waals surface area contributed by atoms with Crippen molar-refractivity contribution in [2.45, 2.75) is 103 Å². The zero-order chi connectivity index (χ0) is 17.3. The summed E-state index contributed by atoms with van der Waals surface area (Å²) >= 11 is 0. The molecule has 0 saturated heterocycles. The van der Waals surface area contributed by atoms with Gasteiger partial charge >= 0.3 is 11.9 Å². The Morgan fingerprint density at radius 2 is 1.13 bits per heavy atom. The molecule has 0 aliphatic rings. The van der Waals surface area contributed by atoms with Crippen molar-refractivity contribution in [1.82, 2.24) is 0 Å². The number of unbranched alkanes of at least 4 members (excludes halogenated alkanes) is 10. The summed E-state index contributed by atoms with van der Waals surface area (Å²) in [5, 5.41) is 17.8. The van der Waals surface area contributed by atoms with E-state index in [0.29, 0.717) is 0 Å². The van der Waals surface area contributed by atoms with Crippen molar-refractivity contribution in [3.8, 4) is 0 Å². The van der Waals surface area contributed by atoms with Crippen molar-refractivity contribution in [1.29, 1.82) is 0 Å². The summed E-state index contributed by atoms with van der Waals surface area (Å²) in [6.07, 6.45) is 15.0. The fraction of sp³-hybridized carbons (Fsp3) is 0.895. The molecular weight excluding hydrogens is 292 g/mol. The lowest BCUT2D eigenvalue weighted by Gasteiger charge is -2.12. The van der Waals surface area contributed by atoms with Crippen molar-refractivity contribution >= 4 is 11.9 Å². The van der Waals surface area contributed by atoms with Crippen LogP contribution in [0.3, 0.4) is 0 Å². The zero-order valence-electron chi connectivity index (χ0n) is 14.9. The van der Waals surface area contributed by atoms with Crippen LogP contribution in [0.15, 0.2) is 0 Å². The number of hydrogen-bond donors (Lipinski definition) is 2. The molecule has 1 unspecified atom stereocenters. The van der Waals surface area contributed by atoms with Gasteiger partial charge in [0.25, 0.3) is 0 Å². The molecular formula is C19H36O4. The minimum atomic E-state index is -0.709. The van der Waals surface area contributed by atoms with Crippen molar-refractivity contribution in [2.75, 3.05) is 0 Å². The Balaban J connectivity index is 3.50. The van der Waals surface area contributed by atoms with Gasteiger partial charge in [0.15, 0.2) is 0 Å². The van der Waals surface area contributed by atoms with Crippen LogP contribution in [0.25, 0.3) is 0 Å². The summed E-state index contributed by atoms with van der Waals surface area (Å²) in [5.41, 5.74) is 0. The molecule has 0 aliphatic carbocycles. The van der Waals surface area contributed by atoms with Crippen LogP contribution in [-0.4, -0.2) is 22.2 Å². The van der Waals surface area contributed by atoms with Crippen LogP contribution in [0.4, 0.5) is 0 Å². The van der Waals surface area contributed by atoms with Gasteiger partial charge in [0.1, 0.15) is 0 Å². The van der Waals surface area contributed by atoms with Crippen LogP contribution in [0.2, 0.25) is 0 Å². The number of carboxylic acids is 2. The standard InChI is InChI=1S/C19H36O4/c1-2-3-4-8-11-14-17(19(22)23)15-12-9-6-5-7-10-13-16-18(20)21/h17H,2-16H2,1H3,(H,20,21)(H,22,23). The molecule has 136 valence electrons. The SMILES string of the molecule is CCCCCCCC(CCCCCCCCCC(=O)O)C(=O)O. The summed E-state index contributed by atoms with van der Waals surface area (Å²) in [6, 6.07) is 0. The van der Waals surface area contributed by atoms with Crippen LogP contribution >= 0.6 is 0 Å². The normalized spacial score (nSPS) is 12.2. The van der Waals surface area contributed by atoms with Crippen LogP contribution < -0.4 is 0 Å². The third kappa shape index (κ3) is 15.6. The van der Waals surface area contributed by atoms with Crippen LogP contribution in [0.5, 0.6) is 0 Å². The average molecular weight is 328 g/mol. The molecule has 0 spiro atoms. The Morgan fingerprint density at radius 3 is 1.57 bits per heavy atom. The van der Waals surface area contributed by atoms with E-state index in [-0.39, 0.29) is 12.3 Å². The van der Waals surface area contributed by atoms with Crippen LogP contribution in [0, 0.1) is 5.92 Å². The van der Waals surface area contributed by atoms with E-state index in [1.54, 1.807) is 0 Å². The maximum absolute atomic E-state index is 11.3. The van der Waals surface area contributed by atoms with E-state index >= 15 is 0 Å². The van der Waals surface area contributed by atoms with Crippen molar-refractivity contribution < 1.29 is 19.8 Å². The Hall–Kier alpha value is -1.06. The minimum Gasteiger partial charge on any atom is -0.481 e. The maximum atomic E-state index is 11.3. The van der Waals surface area contributed by atoms with E-state index in [4.69, 9.17) is 5.11 Å². The number of rotatable bonds is 17. The molecule has 1 atom stereocenters. The molecule has 0 heterocycles. The van der Waals surface area contributed by atoms with Crippen LogP contribution in [0.1, 0.15) is 103 Å². The van der Waals surface area contributed by atoms with Gasteiger partial charge in [-0.2, -0.15) is 0 Å². The Bertz CT molecular complexity index is 302. The van der Waals surface area contributed by atoms with E-state index < -0.39 is 11.9 Å². The second-order valence-electron chi connectivity index (χ2n) is 6.65. The van der Waals surface area contributed by atoms with Gasteiger partial charge < -0.3 is 10.2 Å². The topological polar surface area (TPSA) is 74.6 Å². The number of carboxylic acid groups (broad SMARTS) is 2. The highest BCUT2D eigenvalue weighted by Crippen LogP contribution is 2.19.